The van der Waals surface area contributed by atoms with Crippen LogP contribution in [0.3, 0.4) is 0 Å². The molecule has 18 heavy (non-hydrogen) atoms. The van der Waals surface area contributed by atoms with Crippen molar-refractivity contribution in [1.29, 1.82) is 0 Å². The van der Waals surface area contributed by atoms with Crippen molar-refractivity contribution in [3.63, 3.8) is 0 Å². The van der Waals surface area contributed by atoms with Gasteiger partial charge < -0.3 is 10.2 Å². The molecule has 1 fully saturated rings. The third-order valence-corrected chi connectivity index (χ3v) is 4.13. The Morgan fingerprint density at radius 1 is 1.44 bits per heavy atom. The summed E-state index contributed by atoms with van der Waals surface area (Å²) in [6, 6.07) is 2.69. The molecule has 1 aliphatic heterocycles. The minimum atomic E-state index is 0.595. The van der Waals surface area contributed by atoms with E-state index in [4.69, 9.17) is 0 Å². The normalized spacial score (nSPS) is 17.4. The van der Waals surface area contributed by atoms with Gasteiger partial charge >= 0.3 is 0 Å². The average molecular weight is 312 g/mol. The maximum Gasteiger partial charge on any atom is 0.0592 e. The van der Waals surface area contributed by atoms with E-state index in [0.717, 1.165) is 30.0 Å². The van der Waals surface area contributed by atoms with Crippen LogP contribution in [0.15, 0.2) is 22.9 Å². The summed E-state index contributed by atoms with van der Waals surface area (Å²) < 4.78 is 1.10. The van der Waals surface area contributed by atoms with Gasteiger partial charge in [-0.05, 0) is 47.3 Å². The number of nitrogens with one attached hydrogen (secondary N) is 1. The summed E-state index contributed by atoms with van der Waals surface area (Å²) in [6.45, 7) is 7.87. The van der Waals surface area contributed by atoms with Crippen molar-refractivity contribution in [1.82, 2.24) is 10.3 Å². The van der Waals surface area contributed by atoms with Gasteiger partial charge in [-0.15, -0.1) is 0 Å². The summed E-state index contributed by atoms with van der Waals surface area (Å²) in [5.41, 5.74) is 1.28. The second kappa shape index (κ2) is 6.53. The first-order valence-electron chi connectivity index (χ1n) is 6.74. The first kappa shape index (κ1) is 13.8. The van der Waals surface area contributed by atoms with Gasteiger partial charge in [0, 0.05) is 31.5 Å². The maximum absolute atomic E-state index is 4.12. The lowest BCUT2D eigenvalue weighted by Crippen LogP contribution is -2.38. The van der Waals surface area contributed by atoms with Crippen LogP contribution >= 0.6 is 15.9 Å². The third-order valence-electron chi connectivity index (χ3n) is 3.52. The predicted molar refractivity (Wildman–Crippen MR) is 80.0 cm³/mol. The molecule has 0 radical (unpaired) electrons. The molecule has 1 N–H and O–H groups in total. The molecular weight excluding hydrogens is 290 g/mol. The van der Waals surface area contributed by atoms with E-state index in [1.165, 1.54) is 18.5 Å². The summed E-state index contributed by atoms with van der Waals surface area (Å²) >= 11 is 3.58. The van der Waals surface area contributed by atoms with Crippen molar-refractivity contribution in [2.75, 3.05) is 24.5 Å². The highest BCUT2D eigenvalue weighted by Gasteiger charge is 2.20. The minimum Gasteiger partial charge on any atom is -0.371 e. The van der Waals surface area contributed by atoms with Crippen LogP contribution in [0.5, 0.6) is 0 Å². The molecule has 0 atom stereocenters. The molecule has 0 saturated carbocycles. The van der Waals surface area contributed by atoms with Crippen molar-refractivity contribution in [2.45, 2.75) is 32.7 Å². The molecule has 1 aliphatic rings. The molecule has 1 aromatic heterocycles. The Bertz CT molecular complexity index is 373. The topological polar surface area (TPSA) is 28.2 Å². The molecule has 0 unspecified atom stereocenters. The SMILES string of the molecule is CC(C)NCC1CCN(c2ccncc2Br)CC1. The molecule has 4 heteroatoms. The number of rotatable bonds is 4. The average Bonchev–Trinajstić information content (AvgIpc) is 2.38. The number of piperidine rings is 1. The highest BCUT2D eigenvalue weighted by molar-refractivity contribution is 9.10. The molecular formula is C14H22BrN3. The van der Waals surface area contributed by atoms with Crippen LogP contribution < -0.4 is 10.2 Å². The Morgan fingerprint density at radius 3 is 2.78 bits per heavy atom. The summed E-state index contributed by atoms with van der Waals surface area (Å²) in [7, 11) is 0. The van der Waals surface area contributed by atoms with Crippen molar-refractivity contribution in [3.05, 3.63) is 22.9 Å². The molecule has 3 nitrogen and oxygen atoms in total. The number of pyridine rings is 1. The van der Waals surface area contributed by atoms with Crippen LogP contribution in [0, 0.1) is 5.92 Å². The quantitative estimate of drug-likeness (QED) is 0.926. The second-order valence-electron chi connectivity index (χ2n) is 5.32. The first-order chi connectivity index (χ1) is 8.66. The summed E-state index contributed by atoms with van der Waals surface area (Å²) in [6.07, 6.45) is 6.29. The van der Waals surface area contributed by atoms with E-state index >= 15 is 0 Å². The zero-order chi connectivity index (χ0) is 13.0. The van der Waals surface area contributed by atoms with Crippen LogP contribution in [-0.2, 0) is 0 Å². The molecule has 0 spiro atoms. The van der Waals surface area contributed by atoms with Gasteiger partial charge in [-0.2, -0.15) is 0 Å². The zero-order valence-corrected chi connectivity index (χ0v) is 12.8. The van der Waals surface area contributed by atoms with Gasteiger partial charge in [-0.3, -0.25) is 4.98 Å². The number of anilines is 1. The Hall–Kier alpha value is -0.610. The molecule has 0 aromatic carbocycles. The zero-order valence-electron chi connectivity index (χ0n) is 11.2. The van der Waals surface area contributed by atoms with Gasteiger partial charge in [0.05, 0.1) is 10.2 Å². The van der Waals surface area contributed by atoms with E-state index in [1.807, 2.05) is 12.4 Å². The minimum absolute atomic E-state index is 0.595. The number of aromatic nitrogens is 1. The van der Waals surface area contributed by atoms with Gasteiger partial charge in [-0.1, -0.05) is 13.8 Å². The van der Waals surface area contributed by atoms with Crippen LogP contribution in [0.2, 0.25) is 0 Å². The molecule has 0 bridgehead atoms. The first-order valence-corrected chi connectivity index (χ1v) is 7.54. The van der Waals surface area contributed by atoms with Gasteiger partial charge in [0.25, 0.3) is 0 Å². The summed E-state index contributed by atoms with van der Waals surface area (Å²) in [4.78, 5) is 6.58. The fourth-order valence-corrected chi connectivity index (χ4v) is 2.91. The number of halogens is 1. The smallest absolute Gasteiger partial charge is 0.0592 e. The molecule has 2 rings (SSSR count). The van der Waals surface area contributed by atoms with Gasteiger partial charge in [0.15, 0.2) is 0 Å². The summed E-state index contributed by atoms with van der Waals surface area (Å²) in [5, 5.41) is 3.54. The lowest BCUT2D eigenvalue weighted by molar-refractivity contribution is 0.370. The highest BCUT2D eigenvalue weighted by atomic mass is 79.9. The van der Waals surface area contributed by atoms with Gasteiger partial charge in [-0.25, -0.2) is 0 Å². The maximum atomic E-state index is 4.12. The fourth-order valence-electron chi connectivity index (χ4n) is 2.40. The second-order valence-corrected chi connectivity index (χ2v) is 6.17. The van der Waals surface area contributed by atoms with E-state index in [2.05, 4.69) is 51.0 Å². The van der Waals surface area contributed by atoms with Crippen LogP contribution in [0.25, 0.3) is 0 Å². The van der Waals surface area contributed by atoms with Crippen molar-refractivity contribution < 1.29 is 0 Å². The number of nitrogens with zero attached hydrogens (tertiary/aromatic N) is 2. The monoisotopic (exact) mass is 311 g/mol. The molecule has 1 aromatic rings. The molecule has 0 amide bonds. The largest absolute Gasteiger partial charge is 0.371 e. The molecule has 0 aliphatic carbocycles. The van der Waals surface area contributed by atoms with Crippen LogP contribution in [-0.4, -0.2) is 30.7 Å². The summed E-state index contributed by atoms with van der Waals surface area (Å²) in [5.74, 6) is 0.823. The lowest BCUT2D eigenvalue weighted by atomic mass is 9.96. The van der Waals surface area contributed by atoms with Crippen molar-refractivity contribution in [2.24, 2.45) is 5.92 Å². The van der Waals surface area contributed by atoms with E-state index < -0.39 is 0 Å². The molecule has 1 saturated heterocycles. The van der Waals surface area contributed by atoms with E-state index in [1.54, 1.807) is 0 Å². The third kappa shape index (κ3) is 3.69. The molecule has 100 valence electrons. The van der Waals surface area contributed by atoms with Crippen molar-refractivity contribution in [3.8, 4) is 0 Å². The van der Waals surface area contributed by atoms with Crippen LogP contribution in [0.1, 0.15) is 26.7 Å². The van der Waals surface area contributed by atoms with E-state index in [-0.39, 0.29) is 0 Å². The van der Waals surface area contributed by atoms with E-state index in [0.29, 0.717) is 6.04 Å². The Labute approximate surface area is 118 Å². The highest BCUT2D eigenvalue weighted by Crippen LogP contribution is 2.28. The Balaban J connectivity index is 1.85. The molecule has 2 heterocycles. The van der Waals surface area contributed by atoms with Gasteiger partial charge in [0.1, 0.15) is 0 Å². The Morgan fingerprint density at radius 2 is 2.17 bits per heavy atom. The number of hydrogen-bond donors (Lipinski definition) is 1. The van der Waals surface area contributed by atoms with Crippen molar-refractivity contribution >= 4 is 21.6 Å². The number of hydrogen-bond acceptors (Lipinski definition) is 3. The predicted octanol–water partition coefficient (Wildman–Crippen LogP) is 3.06. The standard InChI is InChI=1S/C14H22BrN3/c1-11(2)17-9-12-4-7-18(8-5-12)14-3-6-16-10-13(14)15/h3,6,10-12,17H,4-5,7-9H2,1-2H3. The Kier molecular flexibility index (Phi) is 5.01. The fraction of sp³-hybridized carbons (Fsp3) is 0.643. The lowest BCUT2D eigenvalue weighted by Gasteiger charge is -2.34. The van der Waals surface area contributed by atoms with E-state index in [9.17, 15) is 0 Å². The van der Waals surface area contributed by atoms with Gasteiger partial charge in [0.2, 0.25) is 0 Å². The van der Waals surface area contributed by atoms with Crippen LogP contribution in [0.4, 0.5) is 5.69 Å².